The summed E-state index contributed by atoms with van der Waals surface area (Å²) in [5.74, 6) is 0.752. The Morgan fingerprint density at radius 3 is 2.19 bits per heavy atom. The smallest absolute Gasteiger partial charge is 0.238 e. The molecule has 0 aromatic heterocycles. The first-order chi connectivity index (χ1) is 15.2. The van der Waals surface area contributed by atoms with Crippen LogP contribution in [0.4, 0.5) is 5.69 Å². The molecule has 0 atom stereocenters. The number of nitrogens with one attached hydrogen (secondary N) is 1. The fourth-order valence-corrected chi connectivity index (χ4v) is 4.81. The molecule has 1 saturated heterocycles. The Labute approximate surface area is 183 Å². The summed E-state index contributed by atoms with van der Waals surface area (Å²) >= 11 is 0. The molecule has 5 rings (SSSR count). The Kier molecular flexibility index (Phi) is 5.45. The molecule has 158 valence electrons. The second-order valence-electron chi connectivity index (χ2n) is 8.17. The molecule has 31 heavy (non-hydrogen) atoms. The van der Waals surface area contributed by atoms with E-state index < -0.39 is 0 Å². The summed E-state index contributed by atoms with van der Waals surface area (Å²) in [5, 5.41) is 2.98. The van der Waals surface area contributed by atoms with Crippen molar-refractivity contribution in [3.8, 4) is 16.9 Å². The van der Waals surface area contributed by atoms with Crippen LogP contribution in [0.3, 0.4) is 0 Å². The third kappa shape index (κ3) is 3.94. The summed E-state index contributed by atoms with van der Waals surface area (Å²) in [6.45, 7) is 4.06. The van der Waals surface area contributed by atoms with Crippen LogP contribution in [0.25, 0.3) is 11.1 Å². The zero-order valence-electron chi connectivity index (χ0n) is 17.8. The minimum atomic E-state index is 0.0123. The van der Waals surface area contributed by atoms with Crippen LogP contribution in [0.5, 0.6) is 5.75 Å². The Morgan fingerprint density at radius 1 is 0.903 bits per heavy atom. The average Bonchev–Trinajstić information content (AvgIpc) is 3.14. The molecule has 5 nitrogen and oxygen atoms in total. The van der Waals surface area contributed by atoms with Gasteiger partial charge < -0.3 is 10.1 Å². The molecule has 2 aliphatic rings. The lowest BCUT2D eigenvalue weighted by molar-refractivity contribution is -0.117. The molecule has 1 heterocycles. The highest BCUT2D eigenvalue weighted by molar-refractivity contribution is 5.92. The SMILES string of the molecule is COc1cccc(NC(=O)CN2CCN(C3c4ccccc4-c4ccccc43)CC2)c1. The van der Waals surface area contributed by atoms with Crippen LogP contribution in [0.15, 0.2) is 72.8 Å². The Morgan fingerprint density at radius 2 is 1.55 bits per heavy atom. The molecule has 3 aromatic rings. The number of rotatable bonds is 5. The molecule has 1 fully saturated rings. The van der Waals surface area contributed by atoms with Crippen molar-refractivity contribution in [1.29, 1.82) is 0 Å². The van der Waals surface area contributed by atoms with Gasteiger partial charge in [0.05, 0.1) is 19.7 Å². The van der Waals surface area contributed by atoms with Gasteiger partial charge in [-0.2, -0.15) is 0 Å². The molecule has 0 unspecified atom stereocenters. The first-order valence-corrected chi connectivity index (χ1v) is 10.8. The molecule has 1 amide bonds. The van der Waals surface area contributed by atoms with E-state index in [0.29, 0.717) is 12.6 Å². The minimum Gasteiger partial charge on any atom is -0.497 e. The lowest BCUT2D eigenvalue weighted by Gasteiger charge is -2.38. The number of carbonyl (C=O) groups excluding carboxylic acids is 1. The Balaban J connectivity index is 1.22. The predicted octanol–water partition coefficient (Wildman–Crippen LogP) is 4.02. The van der Waals surface area contributed by atoms with Gasteiger partial charge in [-0.25, -0.2) is 0 Å². The largest absolute Gasteiger partial charge is 0.497 e. The highest BCUT2D eigenvalue weighted by Gasteiger charge is 2.34. The van der Waals surface area contributed by atoms with Crippen LogP contribution >= 0.6 is 0 Å². The molecule has 3 aromatic carbocycles. The molecule has 1 aliphatic carbocycles. The molecule has 1 N–H and O–H groups in total. The van der Waals surface area contributed by atoms with Gasteiger partial charge in [-0.3, -0.25) is 14.6 Å². The number of ether oxygens (including phenoxy) is 1. The molecule has 0 spiro atoms. The maximum Gasteiger partial charge on any atom is 0.238 e. The maximum atomic E-state index is 12.5. The summed E-state index contributed by atoms with van der Waals surface area (Å²) in [4.78, 5) is 17.3. The summed E-state index contributed by atoms with van der Waals surface area (Å²) in [5.41, 5.74) is 6.26. The molecule has 0 saturated carbocycles. The van der Waals surface area contributed by atoms with Gasteiger partial charge in [-0.1, -0.05) is 54.6 Å². The van der Waals surface area contributed by atoms with E-state index >= 15 is 0 Å². The van der Waals surface area contributed by atoms with Crippen molar-refractivity contribution in [2.45, 2.75) is 6.04 Å². The monoisotopic (exact) mass is 413 g/mol. The average molecular weight is 414 g/mol. The van der Waals surface area contributed by atoms with E-state index in [1.165, 1.54) is 22.3 Å². The number of benzene rings is 3. The second kappa shape index (κ2) is 8.53. The quantitative estimate of drug-likeness (QED) is 0.686. The first kappa shape index (κ1) is 19.8. The summed E-state index contributed by atoms with van der Waals surface area (Å²) in [6, 6.07) is 25.3. The number of carbonyl (C=O) groups is 1. The van der Waals surface area contributed by atoms with Gasteiger partial charge in [0.1, 0.15) is 5.75 Å². The number of anilines is 1. The maximum absolute atomic E-state index is 12.5. The van der Waals surface area contributed by atoms with Gasteiger partial charge >= 0.3 is 0 Å². The molecular formula is C26H27N3O2. The lowest BCUT2D eigenvalue weighted by atomic mass is 10.0. The number of methoxy groups -OCH3 is 1. The van der Waals surface area contributed by atoms with Crippen molar-refractivity contribution in [2.24, 2.45) is 0 Å². The normalized spacial score (nSPS) is 16.5. The topological polar surface area (TPSA) is 44.8 Å². The Bertz CT molecular complexity index is 1040. The lowest BCUT2D eigenvalue weighted by Crippen LogP contribution is -2.49. The number of nitrogens with zero attached hydrogens (tertiary/aromatic N) is 2. The zero-order chi connectivity index (χ0) is 21.2. The minimum absolute atomic E-state index is 0.0123. The van der Waals surface area contributed by atoms with Gasteiger partial charge in [0, 0.05) is 37.9 Å². The van der Waals surface area contributed by atoms with E-state index in [1.54, 1.807) is 7.11 Å². The second-order valence-corrected chi connectivity index (χ2v) is 8.17. The molecular weight excluding hydrogens is 386 g/mol. The van der Waals surface area contributed by atoms with Crippen molar-refractivity contribution < 1.29 is 9.53 Å². The number of amides is 1. The van der Waals surface area contributed by atoms with Crippen LogP contribution < -0.4 is 10.1 Å². The van der Waals surface area contributed by atoms with Gasteiger partial charge in [0.15, 0.2) is 0 Å². The number of hydrogen-bond acceptors (Lipinski definition) is 4. The van der Waals surface area contributed by atoms with Crippen LogP contribution in [0.1, 0.15) is 17.2 Å². The summed E-state index contributed by atoms with van der Waals surface area (Å²) in [7, 11) is 1.63. The third-order valence-corrected chi connectivity index (χ3v) is 6.29. The van der Waals surface area contributed by atoms with E-state index in [-0.39, 0.29) is 5.91 Å². The summed E-state index contributed by atoms with van der Waals surface area (Å²) < 4.78 is 5.23. The highest BCUT2D eigenvalue weighted by Crippen LogP contribution is 2.46. The number of fused-ring (bicyclic) bond motifs is 3. The van der Waals surface area contributed by atoms with E-state index in [0.717, 1.165) is 37.6 Å². The van der Waals surface area contributed by atoms with E-state index in [9.17, 15) is 4.79 Å². The van der Waals surface area contributed by atoms with Crippen molar-refractivity contribution in [3.63, 3.8) is 0 Å². The van der Waals surface area contributed by atoms with Gasteiger partial charge in [-0.15, -0.1) is 0 Å². The van der Waals surface area contributed by atoms with E-state index in [1.807, 2.05) is 24.3 Å². The molecule has 0 radical (unpaired) electrons. The van der Waals surface area contributed by atoms with Crippen molar-refractivity contribution in [1.82, 2.24) is 9.80 Å². The zero-order valence-corrected chi connectivity index (χ0v) is 17.8. The van der Waals surface area contributed by atoms with Gasteiger partial charge in [0.2, 0.25) is 5.91 Å². The fourth-order valence-electron chi connectivity index (χ4n) is 4.81. The van der Waals surface area contributed by atoms with Gasteiger partial charge in [0.25, 0.3) is 0 Å². The van der Waals surface area contributed by atoms with Crippen LogP contribution in [-0.2, 0) is 4.79 Å². The first-order valence-electron chi connectivity index (χ1n) is 10.8. The molecule has 1 aliphatic heterocycles. The Hall–Kier alpha value is -3.15. The molecule has 5 heteroatoms. The van der Waals surface area contributed by atoms with Crippen molar-refractivity contribution in [2.75, 3.05) is 45.2 Å². The highest BCUT2D eigenvalue weighted by atomic mass is 16.5. The molecule has 0 bridgehead atoms. The van der Waals surface area contributed by atoms with Crippen molar-refractivity contribution in [3.05, 3.63) is 83.9 Å². The number of hydrogen-bond donors (Lipinski definition) is 1. The fraction of sp³-hybridized carbons (Fsp3) is 0.269. The van der Waals surface area contributed by atoms with Crippen molar-refractivity contribution >= 4 is 11.6 Å². The third-order valence-electron chi connectivity index (χ3n) is 6.29. The van der Waals surface area contributed by atoms with Crippen LogP contribution in [0, 0.1) is 0 Å². The standard InChI is InChI=1S/C26H27N3O2/c1-31-20-8-6-7-19(17-20)27-25(30)18-28-13-15-29(16-14-28)26-23-11-4-2-9-21(23)22-10-3-5-12-24(22)26/h2-12,17,26H,13-16,18H2,1H3,(H,27,30). The summed E-state index contributed by atoms with van der Waals surface area (Å²) in [6.07, 6.45) is 0. The van der Waals surface area contributed by atoms with Crippen LogP contribution in [0.2, 0.25) is 0 Å². The number of piperazine rings is 1. The van der Waals surface area contributed by atoms with E-state index in [4.69, 9.17) is 4.74 Å². The van der Waals surface area contributed by atoms with E-state index in [2.05, 4.69) is 63.6 Å². The predicted molar refractivity (Wildman–Crippen MR) is 123 cm³/mol. The van der Waals surface area contributed by atoms with Crippen LogP contribution in [-0.4, -0.2) is 55.5 Å². The van der Waals surface area contributed by atoms with Gasteiger partial charge in [-0.05, 0) is 34.4 Å².